The molecule has 102 valence electrons. The van der Waals surface area contributed by atoms with E-state index in [1.165, 1.54) is 6.07 Å². The number of nitrogens with one attached hydrogen (secondary N) is 1. The number of halogens is 2. The van der Waals surface area contributed by atoms with Crippen LogP contribution in [0.4, 0.5) is 4.39 Å². The van der Waals surface area contributed by atoms with Crippen LogP contribution in [0.5, 0.6) is 0 Å². The summed E-state index contributed by atoms with van der Waals surface area (Å²) in [5.41, 5.74) is 0.857. The minimum Gasteiger partial charge on any atom is -0.375 e. The lowest BCUT2D eigenvalue weighted by atomic mass is 10.1. The molecule has 4 heteroatoms. The Kier molecular flexibility index (Phi) is 5.76. The highest BCUT2D eigenvalue weighted by molar-refractivity contribution is 9.10. The summed E-state index contributed by atoms with van der Waals surface area (Å²) in [6, 6.07) is 5.24. The molecular weight excluding hydrogens is 297 g/mol. The van der Waals surface area contributed by atoms with Gasteiger partial charge in [0.25, 0.3) is 0 Å². The van der Waals surface area contributed by atoms with E-state index in [-0.39, 0.29) is 17.5 Å². The van der Waals surface area contributed by atoms with Crippen molar-refractivity contribution in [2.75, 3.05) is 13.2 Å². The molecular formula is C14H21BrFNO. The van der Waals surface area contributed by atoms with Gasteiger partial charge in [0.15, 0.2) is 0 Å². The van der Waals surface area contributed by atoms with Crippen LogP contribution < -0.4 is 5.32 Å². The zero-order chi connectivity index (χ0) is 13.8. The van der Waals surface area contributed by atoms with E-state index in [1.54, 1.807) is 12.1 Å². The normalized spacial score (nSPS) is 13.7. The minimum absolute atomic E-state index is 0.154. The smallest absolute Gasteiger partial charge is 0.137 e. The molecule has 0 aromatic heterocycles. The van der Waals surface area contributed by atoms with Crippen molar-refractivity contribution in [3.63, 3.8) is 0 Å². The number of hydrogen-bond acceptors (Lipinski definition) is 2. The lowest BCUT2D eigenvalue weighted by molar-refractivity contribution is -0.0103. The summed E-state index contributed by atoms with van der Waals surface area (Å²) in [6.07, 6.45) is 0. The monoisotopic (exact) mass is 317 g/mol. The number of hydrogen-bond donors (Lipinski definition) is 1. The number of ether oxygens (including phenoxy) is 1. The van der Waals surface area contributed by atoms with Crippen molar-refractivity contribution < 1.29 is 9.13 Å². The summed E-state index contributed by atoms with van der Waals surface area (Å²) in [7, 11) is 0. The van der Waals surface area contributed by atoms with E-state index in [2.05, 4.69) is 42.0 Å². The van der Waals surface area contributed by atoms with E-state index in [4.69, 9.17) is 4.74 Å². The standard InChI is InChI=1S/C14H21BrFNO/c1-5-18-14(3,4)9-17-10(2)11-6-7-13(16)12(15)8-11/h6-8,10,17H,5,9H2,1-4H3. The van der Waals surface area contributed by atoms with Crippen LogP contribution >= 0.6 is 15.9 Å². The van der Waals surface area contributed by atoms with Crippen LogP contribution in [-0.4, -0.2) is 18.8 Å². The Labute approximate surface area is 117 Å². The van der Waals surface area contributed by atoms with E-state index in [1.807, 2.05) is 6.92 Å². The van der Waals surface area contributed by atoms with Gasteiger partial charge in [-0.1, -0.05) is 6.07 Å². The van der Waals surface area contributed by atoms with Gasteiger partial charge in [0.2, 0.25) is 0 Å². The Hall–Kier alpha value is -0.450. The molecule has 0 aliphatic carbocycles. The zero-order valence-electron chi connectivity index (χ0n) is 11.4. The topological polar surface area (TPSA) is 21.3 Å². The van der Waals surface area contributed by atoms with E-state index in [9.17, 15) is 4.39 Å². The molecule has 1 rings (SSSR count). The second-order valence-corrected chi connectivity index (χ2v) is 5.82. The van der Waals surface area contributed by atoms with Crippen molar-refractivity contribution in [2.24, 2.45) is 0 Å². The Balaban J connectivity index is 2.60. The van der Waals surface area contributed by atoms with Crippen molar-refractivity contribution in [3.05, 3.63) is 34.1 Å². The van der Waals surface area contributed by atoms with Gasteiger partial charge in [0.1, 0.15) is 5.82 Å². The summed E-state index contributed by atoms with van der Waals surface area (Å²) in [5.74, 6) is -0.236. The van der Waals surface area contributed by atoms with Crippen LogP contribution in [0.25, 0.3) is 0 Å². The molecule has 0 aliphatic heterocycles. The van der Waals surface area contributed by atoms with Gasteiger partial charge in [0.05, 0.1) is 10.1 Å². The van der Waals surface area contributed by atoms with Crippen molar-refractivity contribution in [3.8, 4) is 0 Å². The van der Waals surface area contributed by atoms with Crippen molar-refractivity contribution in [1.29, 1.82) is 0 Å². The lowest BCUT2D eigenvalue weighted by Crippen LogP contribution is -2.38. The third-order valence-electron chi connectivity index (χ3n) is 2.81. The van der Waals surface area contributed by atoms with Gasteiger partial charge in [-0.3, -0.25) is 0 Å². The molecule has 0 amide bonds. The van der Waals surface area contributed by atoms with Gasteiger partial charge in [-0.2, -0.15) is 0 Å². The highest BCUT2D eigenvalue weighted by atomic mass is 79.9. The molecule has 0 heterocycles. The summed E-state index contributed by atoms with van der Waals surface area (Å²) >= 11 is 3.20. The molecule has 2 nitrogen and oxygen atoms in total. The SMILES string of the molecule is CCOC(C)(C)CNC(C)c1ccc(F)c(Br)c1. The lowest BCUT2D eigenvalue weighted by Gasteiger charge is -2.27. The highest BCUT2D eigenvalue weighted by Gasteiger charge is 2.18. The first-order valence-electron chi connectivity index (χ1n) is 6.18. The van der Waals surface area contributed by atoms with E-state index < -0.39 is 0 Å². The molecule has 1 aromatic carbocycles. The van der Waals surface area contributed by atoms with Crippen molar-refractivity contribution >= 4 is 15.9 Å². The Morgan fingerprint density at radius 3 is 2.67 bits per heavy atom. The van der Waals surface area contributed by atoms with Crippen LogP contribution in [0, 0.1) is 5.82 Å². The predicted molar refractivity (Wildman–Crippen MR) is 76.2 cm³/mol. The Bertz CT molecular complexity index is 395. The van der Waals surface area contributed by atoms with Crippen LogP contribution in [0.1, 0.15) is 39.3 Å². The molecule has 1 N–H and O–H groups in total. The van der Waals surface area contributed by atoms with Gasteiger partial charge in [-0.25, -0.2) is 4.39 Å². The van der Waals surface area contributed by atoms with E-state index in [0.29, 0.717) is 11.1 Å². The molecule has 0 bridgehead atoms. The molecule has 0 spiro atoms. The average molecular weight is 318 g/mol. The summed E-state index contributed by atoms with van der Waals surface area (Å²) < 4.78 is 19.3. The van der Waals surface area contributed by atoms with Crippen LogP contribution in [0.15, 0.2) is 22.7 Å². The quantitative estimate of drug-likeness (QED) is 0.854. The molecule has 0 fully saturated rings. The summed E-state index contributed by atoms with van der Waals surface area (Å²) in [5, 5.41) is 3.40. The van der Waals surface area contributed by atoms with E-state index >= 15 is 0 Å². The molecule has 0 radical (unpaired) electrons. The first-order chi connectivity index (χ1) is 8.35. The predicted octanol–water partition coefficient (Wildman–Crippen LogP) is 4.05. The first kappa shape index (κ1) is 15.6. The molecule has 1 atom stereocenters. The number of benzene rings is 1. The van der Waals surface area contributed by atoms with E-state index in [0.717, 1.165) is 12.1 Å². The molecule has 0 saturated carbocycles. The van der Waals surface area contributed by atoms with Crippen LogP contribution in [0.3, 0.4) is 0 Å². The Morgan fingerprint density at radius 1 is 1.44 bits per heavy atom. The Morgan fingerprint density at radius 2 is 2.11 bits per heavy atom. The maximum atomic E-state index is 13.2. The zero-order valence-corrected chi connectivity index (χ0v) is 13.0. The highest BCUT2D eigenvalue weighted by Crippen LogP contribution is 2.21. The minimum atomic E-state index is -0.236. The third-order valence-corrected chi connectivity index (χ3v) is 3.42. The van der Waals surface area contributed by atoms with Gasteiger partial charge in [0, 0.05) is 19.2 Å². The van der Waals surface area contributed by atoms with Crippen LogP contribution in [0.2, 0.25) is 0 Å². The fourth-order valence-electron chi connectivity index (χ4n) is 1.74. The molecule has 0 saturated heterocycles. The number of rotatable bonds is 6. The molecule has 18 heavy (non-hydrogen) atoms. The summed E-state index contributed by atoms with van der Waals surface area (Å²) in [6.45, 7) is 9.60. The fourth-order valence-corrected chi connectivity index (χ4v) is 2.14. The van der Waals surface area contributed by atoms with Crippen molar-refractivity contribution in [2.45, 2.75) is 39.3 Å². The third kappa shape index (κ3) is 4.67. The van der Waals surface area contributed by atoms with Gasteiger partial charge < -0.3 is 10.1 Å². The van der Waals surface area contributed by atoms with Crippen molar-refractivity contribution in [1.82, 2.24) is 5.32 Å². The second kappa shape index (κ2) is 6.64. The second-order valence-electron chi connectivity index (χ2n) is 4.97. The molecule has 1 aromatic rings. The average Bonchev–Trinajstić information content (AvgIpc) is 2.30. The fraction of sp³-hybridized carbons (Fsp3) is 0.571. The summed E-state index contributed by atoms with van der Waals surface area (Å²) in [4.78, 5) is 0. The van der Waals surface area contributed by atoms with Gasteiger partial charge in [-0.05, 0) is 61.3 Å². The van der Waals surface area contributed by atoms with Crippen LogP contribution in [-0.2, 0) is 4.74 Å². The largest absolute Gasteiger partial charge is 0.375 e. The first-order valence-corrected chi connectivity index (χ1v) is 6.97. The molecule has 0 aliphatic rings. The van der Waals surface area contributed by atoms with Gasteiger partial charge in [-0.15, -0.1) is 0 Å². The maximum absolute atomic E-state index is 13.2. The van der Waals surface area contributed by atoms with Gasteiger partial charge >= 0.3 is 0 Å². The maximum Gasteiger partial charge on any atom is 0.137 e. The molecule has 1 unspecified atom stereocenters.